The standard InChI is InChI=1S/C16H28N6O2S.ClH/c23-25(24,20-8-3-1-2-4-9-20)21-10-5-14(6-11-21)16-19-18-15-13-17-7-12-22(15)16;/h14,17H,1-13H2;1H. The van der Waals surface area contributed by atoms with Crippen molar-refractivity contribution in [1.82, 2.24) is 28.7 Å². The molecule has 4 rings (SSSR count). The molecule has 1 N–H and O–H groups in total. The van der Waals surface area contributed by atoms with Crippen LogP contribution in [0.4, 0.5) is 0 Å². The van der Waals surface area contributed by atoms with E-state index in [0.29, 0.717) is 32.1 Å². The topological polar surface area (TPSA) is 83.4 Å². The van der Waals surface area contributed by atoms with Gasteiger partial charge in [-0.05, 0) is 25.7 Å². The largest absolute Gasteiger partial charge is 0.312 e. The first-order chi connectivity index (χ1) is 12.2. The van der Waals surface area contributed by atoms with Crippen molar-refractivity contribution in [2.24, 2.45) is 0 Å². The van der Waals surface area contributed by atoms with Gasteiger partial charge in [0.2, 0.25) is 0 Å². The second-order valence-corrected chi connectivity index (χ2v) is 9.23. The monoisotopic (exact) mass is 404 g/mol. The molecule has 0 unspecified atom stereocenters. The summed E-state index contributed by atoms with van der Waals surface area (Å²) in [6, 6.07) is 0. The summed E-state index contributed by atoms with van der Waals surface area (Å²) in [5.41, 5.74) is 0. The highest BCUT2D eigenvalue weighted by atomic mass is 35.5. The summed E-state index contributed by atoms with van der Waals surface area (Å²) in [6.07, 6.45) is 5.91. The third-order valence-corrected chi connectivity index (χ3v) is 7.72. The first-order valence-electron chi connectivity index (χ1n) is 9.54. The third-order valence-electron chi connectivity index (χ3n) is 5.69. The van der Waals surface area contributed by atoms with Crippen molar-refractivity contribution >= 4 is 22.6 Å². The number of rotatable bonds is 3. The number of aromatic nitrogens is 3. The highest BCUT2D eigenvalue weighted by Gasteiger charge is 2.35. The summed E-state index contributed by atoms with van der Waals surface area (Å²) in [6.45, 7) is 5.15. The molecule has 1 aromatic rings. The number of fused-ring (bicyclic) bond motifs is 1. The first-order valence-corrected chi connectivity index (χ1v) is 10.9. The van der Waals surface area contributed by atoms with Crippen LogP contribution in [0.25, 0.3) is 0 Å². The molecule has 2 saturated heterocycles. The molecule has 0 spiro atoms. The van der Waals surface area contributed by atoms with E-state index in [0.717, 1.165) is 69.8 Å². The van der Waals surface area contributed by atoms with Gasteiger partial charge >= 0.3 is 0 Å². The molecule has 0 bridgehead atoms. The van der Waals surface area contributed by atoms with Gasteiger partial charge in [0, 0.05) is 45.2 Å². The van der Waals surface area contributed by atoms with E-state index in [1.807, 2.05) is 0 Å². The average molecular weight is 405 g/mol. The Morgan fingerprint density at radius 3 is 2.23 bits per heavy atom. The lowest BCUT2D eigenvalue weighted by atomic mass is 9.97. The van der Waals surface area contributed by atoms with Crippen molar-refractivity contribution in [2.75, 3.05) is 32.7 Å². The van der Waals surface area contributed by atoms with E-state index in [1.54, 1.807) is 8.61 Å². The molecule has 8 nitrogen and oxygen atoms in total. The molecule has 4 heterocycles. The SMILES string of the molecule is Cl.O=S(=O)(N1CCCCCC1)N1CCC(c2nnc3n2CCNC3)CC1. The highest BCUT2D eigenvalue weighted by Crippen LogP contribution is 2.30. The number of hydrogen-bond acceptors (Lipinski definition) is 5. The predicted octanol–water partition coefficient (Wildman–Crippen LogP) is 1.10. The van der Waals surface area contributed by atoms with Crippen molar-refractivity contribution in [3.8, 4) is 0 Å². The van der Waals surface area contributed by atoms with E-state index in [1.165, 1.54) is 0 Å². The molecule has 3 aliphatic heterocycles. The van der Waals surface area contributed by atoms with Crippen LogP contribution >= 0.6 is 12.4 Å². The van der Waals surface area contributed by atoms with Crippen molar-refractivity contribution in [3.05, 3.63) is 11.6 Å². The summed E-state index contributed by atoms with van der Waals surface area (Å²) in [4.78, 5) is 0. The van der Waals surface area contributed by atoms with Crippen LogP contribution in [-0.4, -0.2) is 64.5 Å². The number of nitrogens with zero attached hydrogens (tertiary/aromatic N) is 5. The smallest absolute Gasteiger partial charge is 0.281 e. The van der Waals surface area contributed by atoms with Crippen LogP contribution in [0.2, 0.25) is 0 Å². The fourth-order valence-corrected chi connectivity index (χ4v) is 5.92. The van der Waals surface area contributed by atoms with E-state index in [9.17, 15) is 8.42 Å². The van der Waals surface area contributed by atoms with Crippen molar-refractivity contribution < 1.29 is 8.42 Å². The Hall–Kier alpha value is -0.740. The van der Waals surface area contributed by atoms with Crippen molar-refractivity contribution in [3.63, 3.8) is 0 Å². The zero-order chi connectivity index (χ0) is 17.3. The van der Waals surface area contributed by atoms with E-state index in [4.69, 9.17) is 0 Å². The number of piperidine rings is 1. The maximum absolute atomic E-state index is 12.9. The van der Waals surface area contributed by atoms with E-state index >= 15 is 0 Å². The fourth-order valence-electron chi connectivity index (χ4n) is 4.20. The molecule has 0 radical (unpaired) electrons. The predicted molar refractivity (Wildman–Crippen MR) is 101 cm³/mol. The quantitative estimate of drug-likeness (QED) is 0.815. The van der Waals surface area contributed by atoms with Gasteiger partial charge in [0.05, 0.1) is 6.54 Å². The minimum absolute atomic E-state index is 0. The van der Waals surface area contributed by atoms with Crippen LogP contribution in [0.3, 0.4) is 0 Å². The van der Waals surface area contributed by atoms with Gasteiger partial charge in [-0.25, -0.2) is 0 Å². The van der Waals surface area contributed by atoms with Gasteiger partial charge in [0.25, 0.3) is 10.2 Å². The molecule has 0 aliphatic carbocycles. The van der Waals surface area contributed by atoms with Crippen LogP contribution in [0.1, 0.15) is 56.1 Å². The van der Waals surface area contributed by atoms with E-state index in [-0.39, 0.29) is 12.4 Å². The molecule has 0 atom stereocenters. The molecule has 1 aromatic heterocycles. The van der Waals surface area contributed by atoms with Crippen LogP contribution in [0, 0.1) is 0 Å². The van der Waals surface area contributed by atoms with E-state index < -0.39 is 10.2 Å². The average Bonchev–Trinajstić information content (AvgIpc) is 2.87. The lowest BCUT2D eigenvalue weighted by Gasteiger charge is -2.34. The maximum atomic E-state index is 12.9. The van der Waals surface area contributed by atoms with Crippen molar-refractivity contribution in [2.45, 2.75) is 57.5 Å². The van der Waals surface area contributed by atoms with E-state index in [2.05, 4.69) is 20.1 Å². The van der Waals surface area contributed by atoms with Crippen LogP contribution in [0.15, 0.2) is 0 Å². The lowest BCUT2D eigenvalue weighted by molar-refractivity contribution is 0.280. The molecule has 0 aromatic carbocycles. The number of nitrogens with one attached hydrogen (secondary N) is 1. The first kappa shape index (κ1) is 20.0. The second-order valence-electron chi connectivity index (χ2n) is 7.30. The molecule has 0 saturated carbocycles. The second kappa shape index (κ2) is 8.52. The Morgan fingerprint density at radius 1 is 0.885 bits per heavy atom. The van der Waals surface area contributed by atoms with Crippen LogP contribution < -0.4 is 5.32 Å². The zero-order valence-electron chi connectivity index (χ0n) is 15.1. The molecular formula is C16H29ClN6O2S. The fraction of sp³-hybridized carbons (Fsp3) is 0.875. The summed E-state index contributed by atoms with van der Waals surface area (Å²) >= 11 is 0. The van der Waals surface area contributed by atoms with Crippen LogP contribution in [0.5, 0.6) is 0 Å². The molecule has 26 heavy (non-hydrogen) atoms. The van der Waals surface area contributed by atoms with Gasteiger partial charge in [-0.3, -0.25) is 0 Å². The van der Waals surface area contributed by atoms with Gasteiger partial charge in [-0.1, -0.05) is 12.8 Å². The normalized spacial score (nSPS) is 23.8. The molecule has 0 amide bonds. The van der Waals surface area contributed by atoms with Crippen molar-refractivity contribution in [1.29, 1.82) is 0 Å². The van der Waals surface area contributed by atoms with Gasteiger partial charge in [0.1, 0.15) is 11.6 Å². The van der Waals surface area contributed by atoms with Gasteiger partial charge in [-0.15, -0.1) is 22.6 Å². The summed E-state index contributed by atoms with van der Waals surface area (Å²) in [7, 11) is -3.30. The molecule has 2 fully saturated rings. The number of hydrogen-bond donors (Lipinski definition) is 1. The van der Waals surface area contributed by atoms with Gasteiger partial charge in [-0.2, -0.15) is 17.0 Å². The minimum Gasteiger partial charge on any atom is -0.312 e. The summed E-state index contributed by atoms with van der Waals surface area (Å²) in [5.74, 6) is 2.36. The van der Waals surface area contributed by atoms with Gasteiger partial charge < -0.3 is 9.88 Å². The maximum Gasteiger partial charge on any atom is 0.281 e. The molecule has 10 heteroatoms. The summed E-state index contributed by atoms with van der Waals surface area (Å²) < 4.78 is 31.5. The number of halogens is 1. The van der Waals surface area contributed by atoms with Crippen LogP contribution in [-0.2, 0) is 23.3 Å². The molecular weight excluding hydrogens is 376 g/mol. The highest BCUT2D eigenvalue weighted by molar-refractivity contribution is 7.86. The molecule has 148 valence electrons. The molecule has 3 aliphatic rings. The Kier molecular flexibility index (Phi) is 6.55. The summed E-state index contributed by atoms with van der Waals surface area (Å²) in [5, 5.41) is 12.0. The zero-order valence-corrected chi connectivity index (χ0v) is 16.8. The Labute approximate surface area is 161 Å². The third kappa shape index (κ3) is 3.91. The Morgan fingerprint density at radius 2 is 1.54 bits per heavy atom. The Bertz CT molecular complexity index is 694. The lowest BCUT2D eigenvalue weighted by Crippen LogP contribution is -2.47. The minimum atomic E-state index is -3.30. The Balaban J connectivity index is 0.00000196. The van der Waals surface area contributed by atoms with Gasteiger partial charge in [0.15, 0.2) is 0 Å².